The number of pyridine rings is 1. The molecule has 158 valence electrons. The van der Waals surface area contributed by atoms with Gasteiger partial charge in [0.05, 0.1) is 17.1 Å². The number of carboxylic acids is 1. The highest BCUT2D eigenvalue weighted by Gasteiger charge is 2.07. The predicted molar refractivity (Wildman–Crippen MR) is 120 cm³/mol. The fourth-order valence-electron chi connectivity index (χ4n) is 2.68. The number of nitrogens with one attached hydrogen (secondary N) is 1. The number of aromatic nitrogens is 1. The molecule has 0 atom stereocenters. The topological polar surface area (TPSA) is 115 Å². The van der Waals surface area contributed by atoms with Crippen LogP contribution in [0.4, 0.5) is 5.82 Å². The van der Waals surface area contributed by atoms with Crippen molar-refractivity contribution in [1.29, 1.82) is 0 Å². The van der Waals surface area contributed by atoms with Crippen LogP contribution in [0.2, 0.25) is 5.02 Å². The molecule has 0 radical (unpaired) electrons. The average Bonchev–Trinajstić information content (AvgIpc) is 2.77. The fraction of sp³-hybridized carbons (Fsp3) is 0.0870. The number of carboxylic acid groups (broad SMARTS) is 1. The van der Waals surface area contributed by atoms with E-state index in [0.717, 1.165) is 16.7 Å². The van der Waals surface area contributed by atoms with Crippen LogP contribution < -0.4 is 15.8 Å². The summed E-state index contributed by atoms with van der Waals surface area (Å²) < 4.78 is 5.63. The van der Waals surface area contributed by atoms with Gasteiger partial charge in [0.1, 0.15) is 18.2 Å². The first-order chi connectivity index (χ1) is 14.9. The maximum atomic E-state index is 11.9. The van der Waals surface area contributed by atoms with Gasteiger partial charge in [-0.05, 0) is 59.2 Å². The van der Waals surface area contributed by atoms with E-state index in [4.69, 9.17) is 27.2 Å². The Hall–Kier alpha value is -3.84. The number of halogens is 1. The number of carbonyl (C=O) groups is 2. The number of ether oxygens (including phenoxy) is 1. The molecule has 4 N–H and O–H groups in total. The van der Waals surface area contributed by atoms with Crippen LogP contribution in [0.3, 0.4) is 0 Å². The molecule has 3 rings (SSSR count). The second-order valence-electron chi connectivity index (χ2n) is 6.52. The number of hydrogen-bond donors (Lipinski definition) is 3. The van der Waals surface area contributed by atoms with Gasteiger partial charge in [-0.3, -0.25) is 4.79 Å². The first kappa shape index (κ1) is 21.9. The minimum Gasteiger partial charge on any atom is -0.490 e. The Kier molecular flexibility index (Phi) is 7.24. The summed E-state index contributed by atoms with van der Waals surface area (Å²) in [5.41, 5.74) is 8.19. The summed E-state index contributed by atoms with van der Waals surface area (Å²) in [6.07, 6.45) is 4.63. The second-order valence-corrected chi connectivity index (χ2v) is 6.92. The number of anilines is 1. The number of nitrogen functional groups attached to an aromatic ring is 1. The molecule has 1 heterocycles. The lowest BCUT2D eigenvalue weighted by Crippen LogP contribution is -2.26. The lowest BCUT2D eigenvalue weighted by atomic mass is 10.0. The number of carbonyl (C=O) groups excluding carboxylic acids is 1. The average molecular weight is 438 g/mol. The van der Waals surface area contributed by atoms with Gasteiger partial charge in [0.25, 0.3) is 0 Å². The SMILES string of the molecule is Nc1ccc(/C=C/C(=O)NCCOc2ccc(-c3ccc(C(=O)O)cc3)cc2Cl)cn1. The highest BCUT2D eigenvalue weighted by Crippen LogP contribution is 2.30. The van der Waals surface area contributed by atoms with Gasteiger partial charge in [0.2, 0.25) is 5.91 Å². The molecule has 0 saturated heterocycles. The summed E-state index contributed by atoms with van der Waals surface area (Å²) >= 11 is 6.30. The summed E-state index contributed by atoms with van der Waals surface area (Å²) in [5, 5.41) is 12.1. The van der Waals surface area contributed by atoms with Gasteiger partial charge in [-0.15, -0.1) is 0 Å². The lowest BCUT2D eigenvalue weighted by Gasteiger charge is -2.10. The van der Waals surface area contributed by atoms with Gasteiger partial charge in [-0.25, -0.2) is 9.78 Å². The molecule has 0 unspecified atom stereocenters. The van der Waals surface area contributed by atoms with E-state index >= 15 is 0 Å². The van der Waals surface area contributed by atoms with E-state index in [1.807, 2.05) is 6.07 Å². The van der Waals surface area contributed by atoms with Crippen molar-refractivity contribution in [1.82, 2.24) is 10.3 Å². The van der Waals surface area contributed by atoms with Crippen LogP contribution in [0.5, 0.6) is 5.75 Å². The van der Waals surface area contributed by atoms with Gasteiger partial charge < -0.3 is 20.9 Å². The van der Waals surface area contributed by atoms with Crippen molar-refractivity contribution in [3.63, 3.8) is 0 Å². The first-order valence-corrected chi connectivity index (χ1v) is 9.74. The monoisotopic (exact) mass is 437 g/mol. The Morgan fingerprint density at radius 2 is 1.84 bits per heavy atom. The quantitative estimate of drug-likeness (QED) is 0.364. The van der Waals surface area contributed by atoms with Crippen molar-refractivity contribution in [2.45, 2.75) is 0 Å². The molecular weight excluding hydrogens is 418 g/mol. The minimum absolute atomic E-state index is 0.219. The molecule has 1 amide bonds. The van der Waals surface area contributed by atoms with Crippen molar-refractivity contribution in [2.75, 3.05) is 18.9 Å². The molecule has 7 nitrogen and oxygen atoms in total. The van der Waals surface area contributed by atoms with Crippen LogP contribution >= 0.6 is 11.6 Å². The standard InChI is InChI=1S/C23H20ClN3O4/c24-19-13-18(16-3-5-17(6-4-16)23(29)30)7-8-20(19)31-12-11-26-22(28)10-2-15-1-9-21(25)27-14-15/h1-10,13-14H,11-12H2,(H2,25,27)(H,26,28)(H,29,30)/b10-2+. The normalized spacial score (nSPS) is 10.7. The van der Waals surface area contributed by atoms with Crippen LogP contribution in [0.1, 0.15) is 15.9 Å². The molecule has 0 bridgehead atoms. The van der Waals surface area contributed by atoms with Gasteiger partial charge in [0, 0.05) is 12.3 Å². The molecule has 1 aromatic heterocycles. The number of hydrogen-bond acceptors (Lipinski definition) is 5. The smallest absolute Gasteiger partial charge is 0.335 e. The molecular formula is C23H20ClN3O4. The largest absolute Gasteiger partial charge is 0.490 e. The zero-order valence-corrected chi connectivity index (χ0v) is 17.2. The molecule has 0 aliphatic carbocycles. The van der Waals surface area contributed by atoms with Crippen molar-refractivity contribution in [3.8, 4) is 16.9 Å². The molecule has 0 fully saturated rings. The second kappa shape index (κ2) is 10.3. The van der Waals surface area contributed by atoms with E-state index in [1.54, 1.807) is 48.7 Å². The fourth-order valence-corrected chi connectivity index (χ4v) is 2.92. The van der Waals surface area contributed by atoms with Crippen molar-refractivity contribution < 1.29 is 19.4 Å². The van der Waals surface area contributed by atoms with Crippen LogP contribution in [0.25, 0.3) is 17.2 Å². The molecule has 31 heavy (non-hydrogen) atoms. The van der Waals surface area contributed by atoms with Gasteiger partial charge in [-0.1, -0.05) is 29.8 Å². The van der Waals surface area contributed by atoms with Crippen LogP contribution in [-0.2, 0) is 4.79 Å². The van der Waals surface area contributed by atoms with Crippen LogP contribution in [0, 0.1) is 0 Å². The Labute approximate surface area is 184 Å². The molecule has 2 aromatic carbocycles. The first-order valence-electron chi connectivity index (χ1n) is 9.36. The minimum atomic E-state index is -0.974. The van der Waals surface area contributed by atoms with Gasteiger partial charge >= 0.3 is 5.97 Å². The summed E-state index contributed by atoms with van der Waals surface area (Å²) in [6, 6.07) is 15.3. The molecule has 8 heteroatoms. The number of aromatic carboxylic acids is 1. The van der Waals surface area contributed by atoms with E-state index in [-0.39, 0.29) is 18.1 Å². The molecule has 0 aliphatic heterocycles. The summed E-state index contributed by atoms with van der Waals surface area (Å²) in [6.45, 7) is 0.549. The maximum absolute atomic E-state index is 11.9. The summed E-state index contributed by atoms with van der Waals surface area (Å²) in [4.78, 5) is 26.8. The van der Waals surface area contributed by atoms with Crippen molar-refractivity contribution >= 4 is 35.4 Å². The number of benzene rings is 2. The lowest BCUT2D eigenvalue weighted by molar-refractivity contribution is -0.116. The van der Waals surface area contributed by atoms with Crippen molar-refractivity contribution in [2.24, 2.45) is 0 Å². The highest BCUT2D eigenvalue weighted by molar-refractivity contribution is 6.32. The third-order valence-electron chi connectivity index (χ3n) is 4.29. The van der Waals surface area contributed by atoms with Gasteiger partial charge in [0.15, 0.2) is 0 Å². The Balaban J connectivity index is 1.48. The summed E-state index contributed by atoms with van der Waals surface area (Å²) in [7, 11) is 0. The Morgan fingerprint density at radius 1 is 1.10 bits per heavy atom. The maximum Gasteiger partial charge on any atom is 0.335 e. The molecule has 0 spiro atoms. The Morgan fingerprint density at radius 3 is 2.48 bits per heavy atom. The third-order valence-corrected chi connectivity index (χ3v) is 4.59. The van der Waals surface area contributed by atoms with E-state index in [2.05, 4.69) is 10.3 Å². The molecule has 0 saturated carbocycles. The zero-order valence-electron chi connectivity index (χ0n) is 16.4. The molecule has 3 aromatic rings. The van der Waals surface area contributed by atoms with E-state index in [1.165, 1.54) is 18.2 Å². The number of amides is 1. The number of nitrogens with two attached hydrogens (primary N) is 1. The number of rotatable bonds is 8. The molecule has 0 aliphatic rings. The third kappa shape index (κ3) is 6.32. The predicted octanol–water partition coefficient (Wildman–Crippen LogP) is 3.89. The Bertz CT molecular complexity index is 1100. The van der Waals surface area contributed by atoms with E-state index in [0.29, 0.717) is 23.1 Å². The number of nitrogens with zero attached hydrogens (tertiary/aromatic N) is 1. The van der Waals surface area contributed by atoms with E-state index < -0.39 is 5.97 Å². The highest BCUT2D eigenvalue weighted by atomic mass is 35.5. The van der Waals surface area contributed by atoms with Crippen molar-refractivity contribution in [3.05, 3.63) is 83.0 Å². The van der Waals surface area contributed by atoms with Crippen LogP contribution in [0.15, 0.2) is 66.9 Å². The van der Waals surface area contributed by atoms with Crippen LogP contribution in [-0.4, -0.2) is 35.1 Å². The summed E-state index contributed by atoms with van der Waals surface area (Å²) in [5.74, 6) is -0.323. The zero-order chi connectivity index (χ0) is 22.2. The van der Waals surface area contributed by atoms with Gasteiger partial charge in [-0.2, -0.15) is 0 Å². The van der Waals surface area contributed by atoms with E-state index in [9.17, 15) is 9.59 Å².